The Morgan fingerprint density at radius 2 is 1.90 bits per heavy atom. The minimum Gasteiger partial charge on any atom is -0.459 e. The molecule has 0 fully saturated rings. The Labute approximate surface area is 126 Å². The number of sulfone groups is 1. The largest absolute Gasteiger partial charge is 0.459 e. The first-order valence-electron chi connectivity index (χ1n) is 7.26. The van der Waals surface area contributed by atoms with Crippen LogP contribution < -0.4 is 5.32 Å². The molecule has 0 radical (unpaired) electrons. The molecule has 4 nitrogen and oxygen atoms in total. The Balaban J connectivity index is 2.25. The van der Waals surface area contributed by atoms with Crippen LogP contribution in [-0.2, 0) is 16.3 Å². The summed E-state index contributed by atoms with van der Waals surface area (Å²) in [6, 6.07) is 7.85. The molecule has 0 saturated heterocycles. The van der Waals surface area contributed by atoms with Crippen LogP contribution >= 0.6 is 0 Å². The van der Waals surface area contributed by atoms with Gasteiger partial charge in [0.25, 0.3) is 0 Å². The van der Waals surface area contributed by atoms with Crippen molar-refractivity contribution in [3.05, 3.63) is 35.6 Å². The Hall–Kier alpha value is -1.33. The van der Waals surface area contributed by atoms with E-state index < -0.39 is 9.84 Å². The van der Waals surface area contributed by atoms with Crippen molar-refractivity contribution in [2.45, 2.75) is 39.3 Å². The van der Waals surface area contributed by atoms with Crippen molar-refractivity contribution in [2.24, 2.45) is 0 Å². The first kappa shape index (κ1) is 16.0. The predicted molar refractivity (Wildman–Crippen MR) is 86.3 cm³/mol. The quantitative estimate of drug-likeness (QED) is 0.891. The van der Waals surface area contributed by atoms with E-state index in [-0.39, 0.29) is 17.8 Å². The maximum absolute atomic E-state index is 11.4. The molecule has 1 heterocycles. The van der Waals surface area contributed by atoms with Gasteiger partial charge in [0, 0.05) is 23.2 Å². The maximum atomic E-state index is 11.4. The lowest BCUT2D eigenvalue weighted by atomic mass is 10.0. The van der Waals surface area contributed by atoms with Crippen LogP contribution in [0.15, 0.2) is 28.7 Å². The van der Waals surface area contributed by atoms with Gasteiger partial charge in [-0.05, 0) is 26.3 Å². The number of aryl methyl sites for hydroxylation is 1. The molecule has 1 aromatic heterocycles. The zero-order valence-electron chi connectivity index (χ0n) is 13.0. The van der Waals surface area contributed by atoms with Gasteiger partial charge in [-0.2, -0.15) is 0 Å². The Morgan fingerprint density at radius 1 is 1.24 bits per heavy atom. The summed E-state index contributed by atoms with van der Waals surface area (Å²) in [7, 11) is -2.98. The van der Waals surface area contributed by atoms with E-state index in [0.29, 0.717) is 0 Å². The number of fused-ring (bicyclic) bond motifs is 1. The second-order valence-corrected chi connectivity index (χ2v) is 7.86. The first-order chi connectivity index (χ1) is 9.81. The summed E-state index contributed by atoms with van der Waals surface area (Å²) in [5, 5.41) is 4.45. The Kier molecular flexibility index (Phi) is 4.74. The lowest BCUT2D eigenvalue weighted by Gasteiger charge is -2.18. The highest BCUT2D eigenvalue weighted by Gasteiger charge is 2.20. The fourth-order valence-corrected chi connectivity index (χ4v) is 3.84. The van der Waals surface area contributed by atoms with Gasteiger partial charge in [-0.1, -0.05) is 25.1 Å². The van der Waals surface area contributed by atoms with Gasteiger partial charge >= 0.3 is 0 Å². The molecule has 0 aliphatic carbocycles. The van der Waals surface area contributed by atoms with Crippen molar-refractivity contribution in [2.75, 3.05) is 12.0 Å². The smallest absolute Gasteiger partial charge is 0.148 e. The Bertz CT molecular complexity index is 718. The average Bonchev–Trinajstić information content (AvgIpc) is 2.74. The standard InChI is InChI=1S/C16H23NO3S/c1-5-13-14-8-6-7-9-15(14)20-16(13)12(3)17-11(2)10-21(4,18)19/h6-9,11-12,17H,5,10H2,1-4H3. The topological polar surface area (TPSA) is 59.3 Å². The normalized spacial score (nSPS) is 15.2. The molecule has 116 valence electrons. The van der Waals surface area contributed by atoms with Gasteiger partial charge in [0.05, 0.1) is 11.8 Å². The molecule has 2 atom stereocenters. The van der Waals surface area contributed by atoms with E-state index in [4.69, 9.17) is 4.42 Å². The first-order valence-corrected chi connectivity index (χ1v) is 9.32. The monoisotopic (exact) mass is 309 g/mol. The van der Waals surface area contributed by atoms with Gasteiger partial charge < -0.3 is 9.73 Å². The fraction of sp³-hybridized carbons (Fsp3) is 0.500. The van der Waals surface area contributed by atoms with Crippen LogP contribution in [0.3, 0.4) is 0 Å². The van der Waals surface area contributed by atoms with E-state index >= 15 is 0 Å². The molecule has 1 N–H and O–H groups in total. The van der Waals surface area contributed by atoms with E-state index in [1.807, 2.05) is 32.0 Å². The molecule has 2 rings (SSSR count). The van der Waals surface area contributed by atoms with E-state index in [9.17, 15) is 8.42 Å². The zero-order valence-corrected chi connectivity index (χ0v) is 13.8. The third-order valence-electron chi connectivity index (χ3n) is 3.56. The number of hydrogen-bond donors (Lipinski definition) is 1. The molecule has 0 aliphatic rings. The van der Waals surface area contributed by atoms with Gasteiger partial charge in [-0.25, -0.2) is 8.42 Å². The van der Waals surface area contributed by atoms with Crippen molar-refractivity contribution >= 4 is 20.8 Å². The molecule has 2 unspecified atom stereocenters. The molecule has 2 aromatic rings. The Morgan fingerprint density at radius 3 is 2.52 bits per heavy atom. The minimum atomic E-state index is -2.98. The molecule has 0 saturated carbocycles. The summed E-state index contributed by atoms with van der Waals surface area (Å²) in [4.78, 5) is 0. The van der Waals surface area contributed by atoms with Crippen LogP contribution in [0.2, 0.25) is 0 Å². The highest BCUT2D eigenvalue weighted by atomic mass is 32.2. The SMILES string of the molecule is CCc1c(C(C)NC(C)CS(C)(=O)=O)oc2ccccc12. The van der Waals surface area contributed by atoms with Crippen LogP contribution in [0.4, 0.5) is 0 Å². The summed E-state index contributed by atoms with van der Waals surface area (Å²) in [6.07, 6.45) is 2.15. The molecule has 0 bridgehead atoms. The van der Waals surface area contributed by atoms with Crippen molar-refractivity contribution < 1.29 is 12.8 Å². The van der Waals surface area contributed by atoms with Crippen molar-refractivity contribution in [3.63, 3.8) is 0 Å². The number of para-hydroxylation sites is 1. The van der Waals surface area contributed by atoms with Crippen molar-refractivity contribution in [1.29, 1.82) is 0 Å². The van der Waals surface area contributed by atoms with Gasteiger partial charge in [-0.3, -0.25) is 0 Å². The third-order valence-corrected chi connectivity index (χ3v) is 4.67. The van der Waals surface area contributed by atoms with Gasteiger partial charge in [0.2, 0.25) is 0 Å². The highest BCUT2D eigenvalue weighted by molar-refractivity contribution is 7.90. The van der Waals surface area contributed by atoms with Crippen LogP contribution in [0, 0.1) is 0 Å². The van der Waals surface area contributed by atoms with Crippen molar-refractivity contribution in [1.82, 2.24) is 5.32 Å². The second kappa shape index (κ2) is 6.20. The van der Waals surface area contributed by atoms with Crippen LogP contribution in [0.25, 0.3) is 11.0 Å². The second-order valence-electron chi connectivity index (χ2n) is 5.68. The minimum absolute atomic E-state index is 0.0240. The lowest BCUT2D eigenvalue weighted by Crippen LogP contribution is -2.34. The molecular formula is C16H23NO3S. The van der Waals surface area contributed by atoms with E-state index in [1.54, 1.807) is 0 Å². The van der Waals surface area contributed by atoms with E-state index in [1.165, 1.54) is 11.8 Å². The summed E-state index contributed by atoms with van der Waals surface area (Å²) in [6.45, 7) is 5.99. The molecule has 21 heavy (non-hydrogen) atoms. The summed E-state index contributed by atoms with van der Waals surface area (Å²) < 4.78 is 28.7. The predicted octanol–water partition coefficient (Wildman–Crippen LogP) is 3.08. The third kappa shape index (κ3) is 3.86. The summed E-state index contributed by atoms with van der Waals surface area (Å²) >= 11 is 0. The molecular weight excluding hydrogens is 286 g/mol. The molecule has 0 amide bonds. The van der Waals surface area contributed by atoms with Crippen LogP contribution in [0.5, 0.6) is 0 Å². The van der Waals surface area contributed by atoms with Gasteiger partial charge in [0.1, 0.15) is 21.2 Å². The van der Waals surface area contributed by atoms with E-state index in [0.717, 1.165) is 23.2 Å². The van der Waals surface area contributed by atoms with E-state index in [2.05, 4.69) is 18.3 Å². The number of rotatable bonds is 6. The van der Waals surface area contributed by atoms with Crippen LogP contribution in [-0.4, -0.2) is 26.5 Å². The summed E-state index contributed by atoms with van der Waals surface area (Å²) in [5.74, 6) is 1.03. The van der Waals surface area contributed by atoms with Crippen molar-refractivity contribution in [3.8, 4) is 0 Å². The number of nitrogens with one attached hydrogen (secondary N) is 1. The summed E-state index contributed by atoms with van der Waals surface area (Å²) in [5.41, 5.74) is 2.07. The molecule has 0 spiro atoms. The lowest BCUT2D eigenvalue weighted by molar-refractivity contribution is 0.419. The zero-order chi connectivity index (χ0) is 15.6. The van der Waals surface area contributed by atoms with Gasteiger partial charge in [0.15, 0.2) is 0 Å². The number of furan rings is 1. The fourth-order valence-electron chi connectivity index (χ4n) is 2.84. The highest BCUT2D eigenvalue weighted by Crippen LogP contribution is 2.30. The molecule has 5 heteroatoms. The number of hydrogen-bond acceptors (Lipinski definition) is 4. The maximum Gasteiger partial charge on any atom is 0.148 e. The molecule has 1 aromatic carbocycles. The van der Waals surface area contributed by atoms with Crippen LogP contribution in [0.1, 0.15) is 38.1 Å². The number of benzene rings is 1. The van der Waals surface area contributed by atoms with Gasteiger partial charge in [-0.15, -0.1) is 0 Å². The molecule has 0 aliphatic heterocycles. The average molecular weight is 309 g/mol.